The summed E-state index contributed by atoms with van der Waals surface area (Å²) in [5.41, 5.74) is 1.06. The highest BCUT2D eigenvalue weighted by Gasteiger charge is 2.25. The molecule has 0 bridgehead atoms. The number of amides is 1. The van der Waals surface area contributed by atoms with Crippen LogP contribution in [-0.4, -0.2) is 44.8 Å². The third-order valence-corrected chi connectivity index (χ3v) is 6.03. The second-order valence-electron chi connectivity index (χ2n) is 6.52. The molecule has 0 unspecified atom stereocenters. The summed E-state index contributed by atoms with van der Waals surface area (Å²) in [7, 11) is -1.23. The first-order valence-electron chi connectivity index (χ1n) is 8.89. The molecule has 2 rings (SSSR count). The SMILES string of the molecule is CCc1ccc(NC(=O)[C@@H](C)OC(=O)c2cc(S(=O)(=O)N(C)C)ccc2F)cc1. The van der Waals surface area contributed by atoms with E-state index in [0.717, 1.165) is 34.5 Å². The van der Waals surface area contributed by atoms with Crippen molar-refractivity contribution in [2.75, 3.05) is 19.4 Å². The van der Waals surface area contributed by atoms with E-state index in [4.69, 9.17) is 4.74 Å². The molecule has 1 N–H and O–H groups in total. The number of aryl methyl sites for hydroxylation is 1. The van der Waals surface area contributed by atoms with E-state index in [1.807, 2.05) is 19.1 Å². The van der Waals surface area contributed by atoms with Gasteiger partial charge in [-0.25, -0.2) is 21.9 Å². The van der Waals surface area contributed by atoms with Crippen molar-refractivity contribution in [2.24, 2.45) is 0 Å². The van der Waals surface area contributed by atoms with E-state index in [-0.39, 0.29) is 4.90 Å². The molecule has 1 atom stereocenters. The van der Waals surface area contributed by atoms with Crippen LogP contribution < -0.4 is 5.32 Å². The Hall–Kier alpha value is -2.78. The molecule has 9 heteroatoms. The third kappa shape index (κ3) is 5.39. The fourth-order valence-electron chi connectivity index (χ4n) is 2.38. The number of carbonyl (C=O) groups is 2. The van der Waals surface area contributed by atoms with Crippen molar-refractivity contribution in [3.8, 4) is 0 Å². The molecule has 0 heterocycles. The molecule has 0 aliphatic carbocycles. The van der Waals surface area contributed by atoms with Crippen LogP contribution in [0.2, 0.25) is 0 Å². The minimum Gasteiger partial charge on any atom is -0.449 e. The molecule has 0 fully saturated rings. The zero-order valence-electron chi connectivity index (χ0n) is 16.6. The van der Waals surface area contributed by atoms with Crippen molar-refractivity contribution in [2.45, 2.75) is 31.3 Å². The summed E-state index contributed by atoms with van der Waals surface area (Å²) >= 11 is 0. The number of esters is 1. The zero-order chi connectivity index (χ0) is 21.8. The molecule has 0 aliphatic rings. The number of benzene rings is 2. The van der Waals surface area contributed by atoms with Gasteiger partial charge in [0.15, 0.2) is 6.10 Å². The predicted octanol–water partition coefficient (Wildman–Crippen LogP) is 2.82. The first kappa shape index (κ1) is 22.5. The Kier molecular flexibility index (Phi) is 7.10. The minimum absolute atomic E-state index is 0.260. The average Bonchev–Trinajstić information content (AvgIpc) is 2.68. The molecule has 29 heavy (non-hydrogen) atoms. The third-order valence-electron chi connectivity index (χ3n) is 4.22. The summed E-state index contributed by atoms with van der Waals surface area (Å²) in [6.07, 6.45) is -0.363. The lowest BCUT2D eigenvalue weighted by molar-refractivity contribution is -0.123. The lowest BCUT2D eigenvalue weighted by Crippen LogP contribution is -2.30. The number of anilines is 1. The molecule has 0 aromatic heterocycles. The molecule has 1 amide bonds. The van der Waals surface area contributed by atoms with Crippen LogP contribution in [0.4, 0.5) is 10.1 Å². The number of carbonyl (C=O) groups excluding carboxylic acids is 2. The smallest absolute Gasteiger partial charge is 0.341 e. The van der Waals surface area contributed by atoms with Gasteiger partial charge in [-0.2, -0.15) is 0 Å². The van der Waals surface area contributed by atoms with E-state index in [1.54, 1.807) is 12.1 Å². The van der Waals surface area contributed by atoms with Crippen molar-refractivity contribution in [1.29, 1.82) is 0 Å². The van der Waals surface area contributed by atoms with Gasteiger partial charge in [-0.1, -0.05) is 19.1 Å². The molecular weight excluding hydrogens is 399 g/mol. The normalized spacial score (nSPS) is 12.5. The maximum absolute atomic E-state index is 14.1. The van der Waals surface area contributed by atoms with E-state index in [0.29, 0.717) is 5.69 Å². The van der Waals surface area contributed by atoms with E-state index >= 15 is 0 Å². The van der Waals surface area contributed by atoms with Crippen LogP contribution >= 0.6 is 0 Å². The second-order valence-corrected chi connectivity index (χ2v) is 8.67. The van der Waals surface area contributed by atoms with Gasteiger partial charge in [0, 0.05) is 19.8 Å². The lowest BCUT2D eigenvalue weighted by Gasteiger charge is -2.15. The van der Waals surface area contributed by atoms with Gasteiger partial charge in [0.2, 0.25) is 10.0 Å². The van der Waals surface area contributed by atoms with Gasteiger partial charge in [-0.15, -0.1) is 0 Å². The molecule has 0 aliphatic heterocycles. The van der Waals surface area contributed by atoms with Crippen LogP contribution in [0.25, 0.3) is 0 Å². The molecule has 0 spiro atoms. The van der Waals surface area contributed by atoms with Gasteiger partial charge in [-0.05, 0) is 49.2 Å². The zero-order valence-corrected chi connectivity index (χ0v) is 17.4. The van der Waals surface area contributed by atoms with Gasteiger partial charge >= 0.3 is 5.97 Å². The summed E-state index contributed by atoms with van der Waals surface area (Å²) in [6.45, 7) is 3.35. The van der Waals surface area contributed by atoms with Gasteiger partial charge in [0.25, 0.3) is 5.91 Å². The number of nitrogens with one attached hydrogen (secondary N) is 1. The molecule has 7 nitrogen and oxygen atoms in total. The first-order valence-corrected chi connectivity index (χ1v) is 10.3. The van der Waals surface area contributed by atoms with Crippen LogP contribution in [0.3, 0.4) is 0 Å². The van der Waals surface area contributed by atoms with Crippen LogP contribution in [0, 0.1) is 5.82 Å². The Morgan fingerprint density at radius 1 is 1.14 bits per heavy atom. The number of ether oxygens (including phenoxy) is 1. The van der Waals surface area contributed by atoms with Crippen LogP contribution in [0.15, 0.2) is 47.4 Å². The van der Waals surface area contributed by atoms with Crippen molar-refractivity contribution in [3.63, 3.8) is 0 Å². The molecule has 0 saturated carbocycles. The van der Waals surface area contributed by atoms with Crippen molar-refractivity contribution >= 4 is 27.6 Å². The van der Waals surface area contributed by atoms with Crippen LogP contribution in [-0.2, 0) is 26.0 Å². The number of hydrogen-bond donors (Lipinski definition) is 1. The summed E-state index contributed by atoms with van der Waals surface area (Å²) in [4.78, 5) is 24.3. The highest BCUT2D eigenvalue weighted by molar-refractivity contribution is 7.89. The maximum Gasteiger partial charge on any atom is 0.341 e. The van der Waals surface area contributed by atoms with Crippen LogP contribution in [0.5, 0.6) is 0 Å². The predicted molar refractivity (Wildman–Crippen MR) is 107 cm³/mol. The summed E-state index contributed by atoms with van der Waals surface area (Å²) in [6, 6.07) is 9.98. The molecule has 0 radical (unpaired) electrons. The second kappa shape index (κ2) is 9.15. The topological polar surface area (TPSA) is 92.8 Å². The average molecular weight is 422 g/mol. The van der Waals surface area contributed by atoms with E-state index in [2.05, 4.69) is 5.32 Å². The number of rotatable bonds is 7. The number of hydrogen-bond acceptors (Lipinski definition) is 5. The summed E-state index contributed by atoms with van der Waals surface area (Å²) in [5.74, 6) is -2.68. The highest BCUT2D eigenvalue weighted by atomic mass is 32.2. The van der Waals surface area contributed by atoms with E-state index < -0.39 is 39.4 Å². The van der Waals surface area contributed by atoms with Crippen molar-refractivity contribution in [3.05, 3.63) is 59.4 Å². The Bertz CT molecular complexity index is 1000. The van der Waals surface area contributed by atoms with Gasteiger partial charge in [0.1, 0.15) is 5.82 Å². The fraction of sp³-hybridized carbons (Fsp3) is 0.300. The minimum atomic E-state index is -3.86. The monoisotopic (exact) mass is 422 g/mol. The molecule has 0 saturated heterocycles. The fourth-order valence-corrected chi connectivity index (χ4v) is 3.31. The highest BCUT2D eigenvalue weighted by Crippen LogP contribution is 2.19. The number of nitrogens with zero attached hydrogens (tertiary/aromatic N) is 1. The van der Waals surface area contributed by atoms with Gasteiger partial charge in [0.05, 0.1) is 10.5 Å². The van der Waals surface area contributed by atoms with Gasteiger partial charge in [-0.3, -0.25) is 4.79 Å². The van der Waals surface area contributed by atoms with Crippen molar-refractivity contribution in [1.82, 2.24) is 4.31 Å². The summed E-state index contributed by atoms with van der Waals surface area (Å²) in [5, 5.41) is 2.60. The van der Waals surface area contributed by atoms with Crippen molar-refractivity contribution < 1.29 is 27.1 Å². The Morgan fingerprint density at radius 3 is 2.31 bits per heavy atom. The quantitative estimate of drug-likeness (QED) is 0.693. The Labute approximate surface area is 169 Å². The van der Waals surface area contributed by atoms with Gasteiger partial charge < -0.3 is 10.1 Å². The molecule has 2 aromatic rings. The Balaban J connectivity index is 2.13. The summed E-state index contributed by atoms with van der Waals surface area (Å²) < 4.78 is 44.4. The largest absolute Gasteiger partial charge is 0.449 e. The lowest BCUT2D eigenvalue weighted by atomic mass is 10.1. The molecule has 2 aromatic carbocycles. The van der Waals surface area contributed by atoms with E-state index in [9.17, 15) is 22.4 Å². The molecular formula is C20H23FN2O5S. The van der Waals surface area contributed by atoms with E-state index in [1.165, 1.54) is 21.0 Å². The van der Waals surface area contributed by atoms with Crippen LogP contribution in [0.1, 0.15) is 29.8 Å². The number of halogens is 1. The Morgan fingerprint density at radius 2 is 1.76 bits per heavy atom. The standard InChI is InChI=1S/C20H23FN2O5S/c1-5-14-6-8-15(9-7-14)22-19(24)13(2)28-20(25)17-12-16(10-11-18(17)21)29(26,27)23(3)4/h6-13H,5H2,1-4H3,(H,22,24)/t13-/m1/s1. The first-order chi connectivity index (χ1) is 13.6. The number of sulfonamides is 1. The molecule has 156 valence electrons. The maximum atomic E-state index is 14.1.